The molecule has 2 heterocycles. The average Bonchev–Trinajstić information content (AvgIpc) is 3.33. The number of aryl methyl sites for hydroxylation is 1. The molecule has 0 spiro atoms. The maximum absolute atomic E-state index is 12.8. The SMILES string of the molecule is COc1cccc(CCC(=O)N(Cc2ccco2)Cc2cccs2)c1. The Balaban J connectivity index is 1.65. The van der Waals surface area contributed by atoms with E-state index in [4.69, 9.17) is 9.15 Å². The fourth-order valence-electron chi connectivity index (χ4n) is 2.65. The van der Waals surface area contributed by atoms with E-state index in [9.17, 15) is 4.79 Å². The molecule has 2 aromatic heterocycles. The van der Waals surface area contributed by atoms with Crippen molar-refractivity contribution in [3.8, 4) is 5.75 Å². The minimum Gasteiger partial charge on any atom is -0.497 e. The van der Waals surface area contributed by atoms with Crippen LogP contribution in [0.3, 0.4) is 0 Å². The Morgan fingerprint density at radius 2 is 2.08 bits per heavy atom. The van der Waals surface area contributed by atoms with Gasteiger partial charge in [0.15, 0.2) is 0 Å². The smallest absolute Gasteiger partial charge is 0.223 e. The number of amides is 1. The van der Waals surface area contributed by atoms with Crippen molar-refractivity contribution in [3.63, 3.8) is 0 Å². The summed E-state index contributed by atoms with van der Waals surface area (Å²) in [5.41, 5.74) is 1.10. The molecule has 25 heavy (non-hydrogen) atoms. The molecule has 0 fully saturated rings. The molecule has 0 aliphatic heterocycles. The van der Waals surface area contributed by atoms with E-state index < -0.39 is 0 Å². The Morgan fingerprint density at radius 3 is 2.80 bits per heavy atom. The van der Waals surface area contributed by atoms with Crippen LogP contribution in [-0.4, -0.2) is 17.9 Å². The van der Waals surface area contributed by atoms with Gasteiger partial charge in [-0.3, -0.25) is 4.79 Å². The molecular weight excluding hydrogens is 334 g/mol. The molecule has 3 rings (SSSR count). The molecule has 0 radical (unpaired) electrons. The molecule has 4 nitrogen and oxygen atoms in total. The highest BCUT2D eigenvalue weighted by Crippen LogP contribution is 2.18. The van der Waals surface area contributed by atoms with E-state index in [1.807, 2.05) is 52.7 Å². The van der Waals surface area contributed by atoms with Crippen LogP contribution in [0.4, 0.5) is 0 Å². The number of methoxy groups -OCH3 is 1. The summed E-state index contributed by atoms with van der Waals surface area (Å²) in [7, 11) is 1.65. The number of thiophene rings is 1. The highest BCUT2D eigenvalue weighted by atomic mass is 32.1. The van der Waals surface area contributed by atoms with Gasteiger partial charge in [0.25, 0.3) is 0 Å². The molecular formula is C20H21NO3S. The second kappa shape index (κ2) is 8.53. The summed E-state index contributed by atoms with van der Waals surface area (Å²) < 4.78 is 10.7. The summed E-state index contributed by atoms with van der Waals surface area (Å²) >= 11 is 1.66. The van der Waals surface area contributed by atoms with Crippen molar-refractivity contribution in [2.24, 2.45) is 0 Å². The highest BCUT2D eigenvalue weighted by molar-refractivity contribution is 7.09. The third kappa shape index (κ3) is 4.97. The lowest BCUT2D eigenvalue weighted by atomic mass is 10.1. The first-order valence-electron chi connectivity index (χ1n) is 8.20. The largest absolute Gasteiger partial charge is 0.497 e. The zero-order valence-electron chi connectivity index (χ0n) is 14.2. The van der Waals surface area contributed by atoms with Crippen molar-refractivity contribution in [2.75, 3.05) is 7.11 Å². The van der Waals surface area contributed by atoms with Gasteiger partial charge >= 0.3 is 0 Å². The minimum atomic E-state index is 0.118. The fourth-order valence-corrected chi connectivity index (χ4v) is 3.37. The van der Waals surface area contributed by atoms with E-state index in [0.29, 0.717) is 25.9 Å². The van der Waals surface area contributed by atoms with E-state index in [2.05, 4.69) is 6.07 Å². The van der Waals surface area contributed by atoms with Gasteiger partial charge in [-0.2, -0.15) is 0 Å². The molecule has 1 aromatic carbocycles. The summed E-state index contributed by atoms with van der Waals surface area (Å²) in [6.45, 7) is 1.09. The molecule has 5 heteroatoms. The first-order chi connectivity index (χ1) is 12.2. The molecule has 0 bridgehead atoms. The van der Waals surface area contributed by atoms with Crippen LogP contribution in [0.1, 0.15) is 22.6 Å². The Kier molecular flexibility index (Phi) is 5.90. The third-order valence-corrected chi connectivity index (χ3v) is 4.83. The van der Waals surface area contributed by atoms with E-state index in [0.717, 1.165) is 17.1 Å². The van der Waals surface area contributed by atoms with Gasteiger partial charge in [0.1, 0.15) is 11.5 Å². The van der Waals surface area contributed by atoms with Crippen LogP contribution >= 0.6 is 11.3 Å². The predicted molar refractivity (Wildman–Crippen MR) is 98.6 cm³/mol. The summed E-state index contributed by atoms with van der Waals surface area (Å²) in [6, 6.07) is 15.7. The Bertz CT molecular complexity index is 745. The molecule has 3 aromatic rings. The van der Waals surface area contributed by atoms with Gasteiger partial charge in [0.05, 0.1) is 26.5 Å². The Labute approximate surface area is 151 Å². The van der Waals surface area contributed by atoms with Gasteiger partial charge in [-0.1, -0.05) is 18.2 Å². The maximum Gasteiger partial charge on any atom is 0.223 e. The van der Waals surface area contributed by atoms with Crippen LogP contribution < -0.4 is 4.74 Å². The zero-order valence-corrected chi connectivity index (χ0v) is 15.0. The second-order valence-electron chi connectivity index (χ2n) is 5.76. The predicted octanol–water partition coefficient (Wildman–Crippen LogP) is 4.51. The number of ether oxygens (including phenoxy) is 1. The molecule has 0 saturated carbocycles. The standard InChI is InChI=1S/C20H21NO3S/c1-23-17-6-2-5-16(13-17)9-10-20(22)21(14-18-7-3-11-24-18)15-19-8-4-12-25-19/h2-8,11-13H,9-10,14-15H2,1H3. The van der Waals surface area contributed by atoms with Gasteiger partial charge in [-0.25, -0.2) is 0 Å². The Morgan fingerprint density at radius 1 is 1.16 bits per heavy atom. The van der Waals surface area contributed by atoms with Crippen molar-refractivity contribution in [1.29, 1.82) is 0 Å². The summed E-state index contributed by atoms with van der Waals surface area (Å²) in [6.07, 6.45) is 2.79. The maximum atomic E-state index is 12.8. The molecule has 0 N–H and O–H groups in total. The first kappa shape index (κ1) is 17.3. The first-order valence-corrected chi connectivity index (χ1v) is 9.08. The molecule has 0 aliphatic carbocycles. The molecule has 0 aliphatic rings. The van der Waals surface area contributed by atoms with Gasteiger partial charge in [0, 0.05) is 11.3 Å². The van der Waals surface area contributed by atoms with Gasteiger partial charge in [-0.05, 0) is 47.7 Å². The monoisotopic (exact) mass is 355 g/mol. The number of hydrogen-bond donors (Lipinski definition) is 0. The quantitative estimate of drug-likeness (QED) is 0.597. The van der Waals surface area contributed by atoms with Crippen LogP contribution in [0.25, 0.3) is 0 Å². The normalized spacial score (nSPS) is 10.6. The zero-order chi connectivity index (χ0) is 17.5. The number of rotatable bonds is 8. The Hall–Kier alpha value is -2.53. The van der Waals surface area contributed by atoms with Crippen LogP contribution in [-0.2, 0) is 24.3 Å². The number of hydrogen-bond acceptors (Lipinski definition) is 4. The van der Waals surface area contributed by atoms with Crippen molar-refractivity contribution < 1.29 is 13.9 Å². The molecule has 0 unspecified atom stereocenters. The van der Waals surface area contributed by atoms with E-state index in [1.165, 1.54) is 4.88 Å². The minimum absolute atomic E-state index is 0.118. The van der Waals surface area contributed by atoms with E-state index in [1.54, 1.807) is 24.7 Å². The van der Waals surface area contributed by atoms with Crippen molar-refractivity contribution in [3.05, 3.63) is 76.4 Å². The van der Waals surface area contributed by atoms with E-state index in [-0.39, 0.29) is 5.91 Å². The summed E-state index contributed by atoms with van der Waals surface area (Å²) in [4.78, 5) is 15.8. The van der Waals surface area contributed by atoms with Crippen LogP contribution in [0.5, 0.6) is 5.75 Å². The average molecular weight is 355 g/mol. The highest BCUT2D eigenvalue weighted by Gasteiger charge is 2.16. The van der Waals surface area contributed by atoms with Crippen molar-refractivity contribution >= 4 is 17.2 Å². The fraction of sp³-hybridized carbons (Fsp3) is 0.250. The van der Waals surface area contributed by atoms with Crippen LogP contribution in [0, 0.1) is 0 Å². The van der Waals surface area contributed by atoms with Crippen molar-refractivity contribution in [2.45, 2.75) is 25.9 Å². The molecule has 1 amide bonds. The lowest BCUT2D eigenvalue weighted by Gasteiger charge is -2.21. The topological polar surface area (TPSA) is 42.7 Å². The van der Waals surface area contributed by atoms with Gasteiger partial charge < -0.3 is 14.1 Å². The summed E-state index contributed by atoms with van der Waals surface area (Å²) in [5.74, 6) is 1.73. The number of nitrogens with zero attached hydrogens (tertiary/aromatic N) is 1. The summed E-state index contributed by atoms with van der Waals surface area (Å²) in [5, 5.41) is 2.03. The molecule has 0 saturated heterocycles. The van der Waals surface area contributed by atoms with Gasteiger partial charge in [-0.15, -0.1) is 11.3 Å². The molecule has 130 valence electrons. The number of benzene rings is 1. The molecule has 0 atom stereocenters. The lowest BCUT2D eigenvalue weighted by Crippen LogP contribution is -2.29. The number of carbonyl (C=O) groups is 1. The van der Waals surface area contributed by atoms with E-state index >= 15 is 0 Å². The van der Waals surface area contributed by atoms with Crippen LogP contribution in [0.15, 0.2) is 64.6 Å². The number of furan rings is 1. The lowest BCUT2D eigenvalue weighted by molar-refractivity contribution is -0.132. The second-order valence-corrected chi connectivity index (χ2v) is 6.79. The number of carbonyl (C=O) groups excluding carboxylic acids is 1. The van der Waals surface area contributed by atoms with Gasteiger partial charge in [0.2, 0.25) is 5.91 Å². The third-order valence-electron chi connectivity index (χ3n) is 3.97. The van der Waals surface area contributed by atoms with Crippen molar-refractivity contribution in [1.82, 2.24) is 4.90 Å². The van der Waals surface area contributed by atoms with Crippen LogP contribution in [0.2, 0.25) is 0 Å².